The molecular formula is C24H33Cl3N2O3. The first kappa shape index (κ1) is 28.6. The fourth-order valence-corrected chi connectivity index (χ4v) is 3.78. The van der Waals surface area contributed by atoms with Crippen LogP contribution in [0.1, 0.15) is 11.1 Å². The molecule has 0 saturated carbocycles. The van der Waals surface area contributed by atoms with E-state index in [0.29, 0.717) is 13.0 Å². The van der Waals surface area contributed by atoms with Crippen LogP contribution in [-0.2, 0) is 13.0 Å². The Bertz CT molecular complexity index is 813. The molecule has 1 aliphatic rings. The second-order valence-electron chi connectivity index (χ2n) is 7.63. The highest BCUT2D eigenvalue weighted by atomic mass is 35.5. The van der Waals surface area contributed by atoms with Gasteiger partial charge in [0.2, 0.25) is 0 Å². The molecule has 1 heterocycles. The molecule has 5 nitrogen and oxygen atoms in total. The molecule has 0 spiro atoms. The predicted molar refractivity (Wildman–Crippen MR) is 136 cm³/mol. The molecule has 1 fully saturated rings. The molecule has 0 radical (unpaired) electrons. The summed E-state index contributed by atoms with van der Waals surface area (Å²) < 4.78 is 11.2. The second kappa shape index (κ2) is 14.6. The molecule has 1 saturated heterocycles. The van der Waals surface area contributed by atoms with Crippen LogP contribution < -0.4 is 9.47 Å². The lowest BCUT2D eigenvalue weighted by molar-refractivity contribution is 0.0444. The molecule has 0 bridgehead atoms. The van der Waals surface area contributed by atoms with Gasteiger partial charge in [0.1, 0.15) is 24.2 Å². The van der Waals surface area contributed by atoms with Crippen molar-refractivity contribution in [2.45, 2.75) is 19.1 Å². The van der Waals surface area contributed by atoms with E-state index < -0.39 is 6.10 Å². The molecule has 3 rings (SSSR count). The van der Waals surface area contributed by atoms with Crippen molar-refractivity contribution in [2.24, 2.45) is 0 Å². The average molecular weight is 504 g/mol. The largest absolute Gasteiger partial charge is 0.497 e. The fourth-order valence-electron chi connectivity index (χ4n) is 3.65. The number of β-amino-alcohol motifs (C(OH)–C–C–N with tert-alkyl or cyclic N) is 1. The van der Waals surface area contributed by atoms with E-state index in [9.17, 15) is 5.11 Å². The number of hydrogen-bond donors (Lipinski definition) is 1. The van der Waals surface area contributed by atoms with Crippen molar-refractivity contribution in [1.82, 2.24) is 9.80 Å². The number of aliphatic hydroxyl groups is 1. The SMILES string of the molecule is C=CCc1cc(OC)ccc1OCC(O)CN1CCN(Cc2ccc(Cl)cc2)CC1.Cl.Cl. The summed E-state index contributed by atoms with van der Waals surface area (Å²) in [5.74, 6) is 1.55. The monoisotopic (exact) mass is 502 g/mol. The number of hydrogen-bond acceptors (Lipinski definition) is 5. The molecule has 2 aromatic carbocycles. The summed E-state index contributed by atoms with van der Waals surface area (Å²) in [6, 6.07) is 13.7. The van der Waals surface area contributed by atoms with E-state index in [1.54, 1.807) is 7.11 Å². The second-order valence-corrected chi connectivity index (χ2v) is 8.07. The number of methoxy groups -OCH3 is 1. The standard InChI is InChI=1S/C24H31ClN2O3.2ClH/c1-3-4-20-15-23(29-2)9-10-24(20)30-18-22(28)17-27-13-11-26(12-14-27)16-19-5-7-21(25)8-6-19;;/h3,5-10,15,22,28H,1,4,11-14,16-18H2,2H3;2*1H. The van der Waals surface area contributed by atoms with E-state index >= 15 is 0 Å². The van der Waals surface area contributed by atoms with Gasteiger partial charge in [0.25, 0.3) is 0 Å². The van der Waals surface area contributed by atoms with E-state index in [-0.39, 0.29) is 31.4 Å². The highest BCUT2D eigenvalue weighted by Crippen LogP contribution is 2.25. The molecular weight excluding hydrogens is 471 g/mol. The molecule has 32 heavy (non-hydrogen) atoms. The van der Waals surface area contributed by atoms with Gasteiger partial charge in [0.05, 0.1) is 7.11 Å². The van der Waals surface area contributed by atoms with Gasteiger partial charge in [0.15, 0.2) is 0 Å². The lowest BCUT2D eigenvalue weighted by Gasteiger charge is -2.35. The van der Waals surface area contributed by atoms with E-state index in [2.05, 4.69) is 28.5 Å². The lowest BCUT2D eigenvalue weighted by atomic mass is 10.1. The highest BCUT2D eigenvalue weighted by Gasteiger charge is 2.20. The van der Waals surface area contributed by atoms with Gasteiger partial charge < -0.3 is 14.6 Å². The Balaban J connectivity index is 0.00000256. The topological polar surface area (TPSA) is 45.2 Å². The smallest absolute Gasteiger partial charge is 0.123 e. The van der Waals surface area contributed by atoms with Crippen LogP contribution in [0.15, 0.2) is 55.1 Å². The summed E-state index contributed by atoms with van der Waals surface area (Å²) in [5.41, 5.74) is 2.28. The number of nitrogens with zero attached hydrogens (tertiary/aromatic N) is 2. The minimum absolute atomic E-state index is 0. The summed E-state index contributed by atoms with van der Waals surface area (Å²) >= 11 is 5.96. The van der Waals surface area contributed by atoms with Gasteiger partial charge in [-0.1, -0.05) is 29.8 Å². The van der Waals surface area contributed by atoms with Crippen molar-refractivity contribution >= 4 is 36.4 Å². The predicted octanol–water partition coefficient (Wildman–Crippen LogP) is 4.48. The van der Waals surface area contributed by atoms with Crippen molar-refractivity contribution in [3.63, 3.8) is 0 Å². The van der Waals surface area contributed by atoms with Crippen LogP contribution in [0.2, 0.25) is 5.02 Å². The zero-order valence-electron chi connectivity index (χ0n) is 18.4. The maximum atomic E-state index is 10.5. The van der Waals surface area contributed by atoms with Crippen molar-refractivity contribution < 1.29 is 14.6 Å². The maximum Gasteiger partial charge on any atom is 0.123 e. The number of allylic oxidation sites excluding steroid dienone is 1. The molecule has 2 aromatic rings. The Morgan fingerprint density at radius 1 is 1.06 bits per heavy atom. The molecule has 1 aliphatic heterocycles. The Morgan fingerprint density at radius 3 is 2.34 bits per heavy atom. The zero-order chi connectivity index (χ0) is 21.3. The summed E-state index contributed by atoms with van der Waals surface area (Å²) in [5, 5.41) is 11.2. The molecule has 178 valence electrons. The van der Waals surface area contributed by atoms with Crippen LogP contribution in [-0.4, -0.2) is 67.5 Å². The number of halogens is 3. The zero-order valence-corrected chi connectivity index (χ0v) is 20.8. The van der Waals surface area contributed by atoms with Crippen LogP contribution in [0.5, 0.6) is 11.5 Å². The van der Waals surface area contributed by atoms with Crippen LogP contribution in [0.3, 0.4) is 0 Å². The van der Waals surface area contributed by atoms with Crippen LogP contribution in [0.25, 0.3) is 0 Å². The van der Waals surface area contributed by atoms with Crippen LogP contribution in [0, 0.1) is 0 Å². The van der Waals surface area contributed by atoms with E-state index in [4.69, 9.17) is 21.1 Å². The highest BCUT2D eigenvalue weighted by molar-refractivity contribution is 6.30. The van der Waals surface area contributed by atoms with Crippen molar-refractivity contribution in [1.29, 1.82) is 0 Å². The first-order valence-corrected chi connectivity index (χ1v) is 10.7. The number of rotatable bonds is 10. The number of aliphatic hydroxyl groups excluding tert-OH is 1. The first-order valence-electron chi connectivity index (χ1n) is 10.3. The quantitative estimate of drug-likeness (QED) is 0.485. The minimum atomic E-state index is -0.536. The molecule has 0 amide bonds. The van der Waals surface area contributed by atoms with Crippen molar-refractivity contribution in [2.75, 3.05) is 46.4 Å². The average Bonchev–Trinajstić information content (AvgIpc) is 2.76. The Kier molecular flexibility index (Phi) is 13.1. The number of benzene rings is 2. The summed E-state index contributed by atoms with van der Waals surface area (Å²) in [6.07, 6.45) is 1.99. The van der Waals surface area contributed by atoms with Gasteiger partial charge >= 0.3 is 0 Å². The number of piperazine rings is 1. The third kappa shape index (κ3) is 8.81. The third-order valence-electron chi connectivity index (χ3n) is 5.32. The fraction of sp³-hybridized carbons (Fsp3) is 0.417. The van der Waals surface area contributed by atoms with E-state index in [1.807, 2.05) is 36.4 Å². The number of ether oxygens (including phenoxy) is 2. The van der Waals surface area contributed by atoms with Crippen LogP contribution in [0.4, 0.5) is 0 Å². The lowest BCUT2D eigenvalue weighted by Crippen LogP contribution is -2.48. The Labute approximate surface area is 208 Å². The minimum Gasteiger partial charge on any atom is -0.497 e. The first-order chi connectivity index (χ1) is 14.6. The molecule has 1 unspecified atom stereocenters. The van der Waals surface area contributed by atoms with E-state index in [0.717, 1.165) is 54.8 Å². The van der Waals surface area contributed by atoms with Gasteiger partial charge in [-0.05, 0) is 42.3 Å². The van der Waals surface area contributed by atoms with E-state index in [1.165, 1.54) is 5.56 Å². The van der Waals surface area contributed by atoms with Crippen molar-refractivity contribution in [3.05, 3.63) is 71.3 Å². The van der Waals surface area contributed by atoms with Crippen molar-refractivity contribution in [3.8, 4) is 11.5 Å². The van der Waals surface area contributed by atoms with Gasteiger partial charge in [-0.3, -0.25) is 9.80 Å². The normalized spacial score (nSPS) is 15.2. The molecule has 8 heteroatoms. The molecule has 1 atom stereocenters. The summed E-state index contributed by atoms with van der Waals surface area (Å²) in [6.45, 7) is 9.46. The molecule has 0 aliphatic carbocycles. The molecule has 0 aromatic heterocycles. The van der Waals surface area contributed by atoms with Gasteiger partial charge in [-0.15, -0.1) is 31.4 Å². The maximum absolute atomic E-state index is 10.5. The van der Waals surface area contributed by atoms with Crippen LogP contribution >= 0.6 is 36.4 Å². The Hall–Kier alpha value is -1.47. The summed E-state index contributed by atoms with van der Waals surface area (Å²) in [7, 11) is 1.65. The van der Waals surface area contributed by atoms with Gasteiger partial charge in [-0.2, -0.15) is 0 Å². The van der Waals surface area contributed by atoms with Gasteiger partial charge in [0, 0.05) is 49.9 Å². The third-order valence-corrected chi connectivity index (χ3v) is 5.57. The Morgan fingerprint density at radius 2 is 1.72 bits per heavy atom. The molecule has 1 N–H and O–H groups in total. The van der Waals surface area contributed by atoms with Gasteiger partial charge in [-0.25, -0.2) is 0 Å². The summed E-state index contributed by atoms with van der Waals surface area (Å²) in [4.78, 5) is 4.73.